The van der Waals surface area contributed by atoms with Crippen molar-refractivity contribution in [1.82, 2.24) is 0 Å². The Kier molecular flexibility index (Phi) is 8.79. The first kappa shape index (κ1) is 33.6. The zero-order valence-electron chi connectivity index (χ0n) is 30.7. The van der Waals surface area contributed by atoms with Crippen LogP contribution in [0, 0.1) is 0 Å². The predicted molar refractivity (Wildman–Crippen MR) is 241 cm³/mol. The maximum atomic E-state index is 2.38. The lowest BCUT2D eigenvalue weighted by atomic mass is 9.86. The third kappa shape index (κ3) is 6.26. The normalized spacial score (nSPS) is 11.2. The topological polar surface area (TPSA) is 3.24 Å². The summed E-state index contributed by atoms with van der Waals surface area (Å²) in [6, 6.07) is 81.3. The van der Waals surface area contributed by atoms with Crippen LogP contribution in [0.3, 0.4) is 0 Å². The molecular weight excluding hydrogens is 695 g/mol. The van der Waals surface area contributed by atoms with Crippen LogP contribution in [0.15, 0.2) is 224 Å². The Morgan fingerprint density at radius 1 is 0.286 bits per heavy atom. The molecule has 1 heterocycles. The third-order valence-corrected chi connectivity index (χ3v) is 11.8. The van der Waals surface area contributed by atoms with Gasteiger partial charge in [-0.2, -0.15) is 0 Å². The van der Waals surface area contributed by atoms with E-state index < -0.39 is 0 Å². The third-order valence-electron chi connectivity index (χ3n) is 10.7. The van der Waals surface area contributed by atoms with Crippen molar-refractivity contribution in [2.75, 3.05) is 4.90 Å². The zero-order valence-corrected chi connectivity index (χ0v) is 31.5. The number of fused-ring (bicyclic) bond motifs is 3. The lowest BCUT2D eigenvalue weighted by molar-refractivity contribution is 1.28. The highest BCUT2D eigenvalue weighted by molar-refractivity contribution is 7.26. The Balaban J connectivity index is 1.16. The Morgan fingerprint density at radius 3 is 1.41 bits per heavy atom. The van der Waals surface area contributed by atoms with Crippen molar-refractivity contribution in [3.8, 4) is 55.6 Å². The second kappa shape index (κ2) is 14.7. The highest BCUT2D eigenvalue weighted by atomic mass is 32.1. The fourth-order valence-corrected chi connectivity index (χ4v) is 9.15. The summed E-state index contributed by atoms with van der Waals surface area (Å²) in [7, 11) is 0. The highest BCUT2D eigenvalue weighted by Gasteiger charge is 2.21. The van der Waals surface area contributed by atoms with Crippen molar-refractivity contribution in [2.24, 2.45) is 0 Å². The predicted octanol–water partition coefficient (Wildman–Crippen LogP) is 15.9. The van der Waals surface area contributed by atoms with Crippen molar-refractivity contribution >= 4 is 48.6 Å². The molecule has 56 heavy (non-hydrogen) atoms. The van der Waals surface area contributed by atoms with Gasteiger partial charge in [0.15, 0.2) is 0 Å². The molecular formula is C54H37NS. The quantitative estimate of drug-likeness (QED) is 0.150. The number of thiophene rings is 1. The van der Waals surface area contributed by atoms with Gasteiger partial charge < -0.3 is 4.90 Å². The van der Waals surface area contributed by atoms with Crippen LogP contribution in [-0.4, -0.2) is 0 Å². The van der Waals surface area contributed by atoms with E-state index in [1.165, 1.54) is 75.8 Å². The van der Waals surface area contributed by atoms with Crippen molar-refractivity contribution in [3.05, 3.63) is 224 Å². The number of rotatable bonds is 8. The maximum Gasteiger partial charge on any atom is 0.0467 e. The summed E-state index contributed by atoms with van der Waals surface area (Å²) in [6.45, 7) is 0. The molecule has 0 aliphatic heterocycles. The molecule has 0 atom stereocenters. The first-order chi connectivity index (χ1) is 27.8. The molecule has 0 spiro atoms. The molecule has 10 rings (SSSR count). The molecule has 1 aromatic heterocycles. The molecule has 0 amide bonds. The fraction of sp³-hybridized carbons (Fsp3) is 0. The fourth-order valence-electron chi connectivity index (χ4n) is 8.03. The van der Waals surface area contributed by atoms with Crippen LogP contribution in [-0.2, 0) is 0 Å². The second-order valence-corrected chi connectivity index (χ2v) is 15.2. The van der Waals surface area contributed by atoms with Crippen LogP contribution in [0.25, 0.3) is 75.8 Å². The van der Waals surface area contributed by atoms with E-state index in [1.54, 1.807) is 0 Å². The van der Waals surface area contributed by atoms with Crippen molar-refractivity contribution in [1.29, 1.82) is 0 Å². The molecule has 264 valence electrons. The second-order valence-electron chi connectivity index (χ2n) is 14.1. The van der Waals surface area contributed by atoms with Gasteiger partial charge in [0.25, 0.3) is 0 Å². The largest absolute Gasteiger partial charge is 0.310 e. The smallest absolute Gasteiger partial charge is 0.0467 e. The molecule has 2 heteroatoms. The van der Waals surface area contributed by atoms with Crippen LogP contribution in [0.1, 0.15) is 0 Å². The Morgan fingerprint density at radius 2 is 0.786 bits per heavy atom. The molecule has 0 saturated heterocycles. The van der Waals surface area contributed by atoms with Crippen LogP contribution in [0.5, 0.6) is 0 Å². The SMILES string of the molecule is c1ccc(-c2ccc(N(c3ccc(-c4ccccc4)cc3)c3cccc(-c4ccc5sc6ccccc6c5c4-c4ccccc4-c4ccccc4)c3)cc2)cc1. The molecule has 0 fully saturated rings. The molecule has 0 aliphatic rings. The Hall–Kier alpha value is -7.00. The van der Waals surface area contributed by atoms with E-state index in [0.717, 1.165) is 17.1 Å². The Bertz CT molecular complexity index is 2850. The van der Waals surface area contributed by atoms with Crippen molar-refractivity contribution in [2.45, 2.75) is 0 Å². The van der Waals surface area contributed by atoms with E-state index in [0.29, 0.717) is 0 Å². The van der Waals surface area contributed by atoms with Gasteiger partial charge in [0.2, 0.25) is 0 Å². The van der Waals surface area contributed by atoms with E-state index in [-0.39, 0.29) is 0 Å². The molecule has 0 bridgehead atoms. The summed E-state index contributed by atoms with van der Waals surface area (Å²) in [5.41, 5.74) is 15.4. The lowest BCUT2D eigenvalue weighted by Gasteiger charge is -2.27. The number of hydrogen-bond donors (Lipinski definition) is 0. The average Bonchev–Trinajstić information content (AvgIpc) is 3.67. The van der Waals surface area contributed by atoms with E-state index in [9.17, 15) is 0 Å². The highest BCUT2D eigenvalue weighted by Crippen LogP contribution is 2.48. The van der Waals surface area contributed by atoms with Gasteiger partial charge in [0.05, 0.1) is 0 Å². The van der Waals surface area contributed by atoms with Crippen molar-refractivity contribution < 1.29 is 0 Å². The monoisotopic (exact) mass is 731 g/mol. The minimum absolute atomic E-state index is 1.10. The first-order valence-corrected chi connectivity index (χ1v) is 19.9. The number of hydrogen-bond acceptors (Lipinski definition) is 2. The lowest BCUT2D eigenvalue weighted by Crippen LogP contribution is -2.10. The average molecular weight is 732 g/mol. The van der Waals surface area contributed by atoms with Crippen LogP contribution < -0.4 is 4.90 Å². The summed E-state index contributed by atoms with van der Waals surface area (Å²) in [6.07, 6.45) is 0. The maximum absolute atomic E-state index is 2.38. The molecule has 1 nitrogen and oxygen atoms in total. The number of nitrogens with zero attached hydrogens (tertiary/aromatic N) is 1. The van der Waals surface area contributed by atoms with Gasteiger partial charge >= 0.3 is 0 Å². The number of benzene rings is 9. The molecule has 9 aromatic carbocycles. The molecule has 10 aromatic rings. The van der Waals surface area contributed by atoms with Gasteiger partial charge in [0.1, 0.15) is 0 Å². The summed E-state index contributed by atoms with van der Waals surface area (Å²) in [4.78, 5) is 2.38. The summed E-state index contributed by atoms with van der Waals surface area (Å²) in [5.74, 6) is 0. The van der Waals surface area contributed by atoms with Crippen LogP contribution in [0.4, 0.5) is 17.1 Å². The van der Waals surface area contributed by atoms with Gasteiger partial charge in [-0.15, -0.1) is 11.3 Å². The molecule has 0 unspecified atom stereocenters. The van der Waals surface area contributed by atoms with Crippen molar-refractivity contribution in [3.63, 3.8) is 0 Å². The van der Waals surface area contributed by atoms with E-state index in [2.05, 4.69) is 229 Å². The zero-order chi connectivity index (χ0) is 37.3. The summed E-state index contributed by atoms with van der Waals surface area (Å²) < 4.78 is 2.60. The van der Waals surface area contributed by atoms with E-state index in [4.69, 9.17) is 0 Å². The van der Waals surface area contributed by atoms with Crippen LogP contribution >= 0.6 is 11.3 Å². The minimum atomic E-state index is 1.10. The first-order valence-electron chi connectivity index (χ1n) is 19.1. The molecule has 0 N–H and O–H groups in total. The molecule has 0 aliphatic carbocycles. The van der Waals surface area contributed by atoms with Gasteiger partial charge in [-0.1, -0.05) is 176 Å². The van der Waals surface area contributed by atoms with E-state index in [1.807, 2.05) is 11.3 Å². The number of anilines is 3. The van der Waals surface area contributed by atoms with Gasteiger partial charge in [-0.25, -0.2) is 0 Å². The van der Waals surface area contributed by atoms with E-state index >= 15 is 0 Å². The standard InChI is InChI=1S/C54H37NS/c1-4-15-38(16-5-1)40-27-31-44(32-28-40)55(45-33-29-41(30-34-45)39-17-6-2-7-18-39)46-22-14-21-43(37-46)48-35-36-52-54(50-25-12-13-26-51(50)56-52)53(48)49-24-11-10-23-47(49)42-19-8-3-9-20-42/h1-37H. The van der Waals surface area contributed by atoms with Gasteiger partial charge in [0, 0.05) is 37.2 Å². The summed E-state index contributed by atoms with van der Waals surface area (Å²) >= 11 is 1.87. The van der Waals surface area contributed by atoms with Gasteiger partial charge in [-0.3, -0.25) is 0 Å². The van der Waals surface area contributed by atoms with Crippen LogP contribution in [0.2, 0.25) is 0 Å². The molecule has 0 radical (unpaired) electrons. The van der Waals surface area contributed by atoms with Gasteiger partial charge in [-0.05, 0) is 104 Å². The minimum Gasteiger partial charge on any atom is -0.310 e. The summed E-state index contributed by atoms with van der Waals surface area (Å²) in [5, 5.41) is 2.60. The molecule has 0 saturated carbocycles. The Labute approximate surface area is 332 Å².